The second-order valence-corrected chi connectivity index (χ2v) is 9.84. The molecule has 0 saturated carbocycles. The quantitative estimate of drug-likeness (QED) is 0.527. The van der Waals surface area contributed by atoms with Gasteiger partial charge in [-0.05, 0) is 42.3 Å². The molecule has 0 bridgehead atoms. The summed E-state index contributed by atoms with van der Waals surface area (Å²) in [5.74, 6) is -0.608. The average Bonchev–Trinajstić information content (AvgIpc) is 3.50. The number of imidazole rings is 1. The number of ether oxygens (including phenoxy) is 2. The predicted molar refractivity (Wildman–Crippen MR) is 131 cm³/mol. The normalized spacial score (nSPS) is 21.2. The molecule has 1 N–H and O–H groups in total. The number of rotatable bonds is 6. The number of amides is 2. The third-order valence-electron chi connectivity index (χ3n) is 7.53. The topological polar surface area (TPSA) is 96.9 Å². The number of alkyl halides is 3. The van der Waals surface area contributed by atoms with Crippen LogP contribution in [0.25, 0.3) is 11.0 Å². The van der Waals surface area contributed by atoms with Crippen LogP contribution in [0.15, 0.2) is 47.3 Å². The van der Waals surface area contributed by atoms with E-state index in [1.54, 1.807) is 42.2 Å². The van der Waals surface area contributed by atoms with E-state index in [4.69, 9.17) is 4.74 Å². The first-order valence-electron chi connectivity index (χ1n) is 12.1. The largest absolute Gasteiger partial charge is 0.573 e. The maximum atomic E-state index is 13.3. The van der Waals surface area contributed by atoms with Crippen LogP contribution >= 0.6 is 0 Å². The van der Waals surface area contributed by atoms with Crippen molar-refractivity contribution >= 4 is 22.8 Å². The standard InChI is InChI=1S/C26H27F3N4O5/c1-31-21-11-17(6-9-20(21)30-24(31)36)23(35)33-13-18-12-32(14-25(18,15-33)37-2)22(34)10-5-16-3-7-19(8-4-16)38-26(27,28)29/h3-4,6-9,11,18H,5,10,12-15H2,1-2H3,(H,30,36). The van der Waals surface area contributed by atoms with E-state index in [0.717, 1.165) is 5.56 Å². The van der Waals surface area contributed by atoms with Crippen LogP contribution in [0.3, 0.4) is 0 Å². The summed E-state index contributed by atoms with van der Waals surface area (Å²) in [5.41, 5.74) is 1.56. The summed E-state index contributed by atoms with van der Waals surface area (Å²) in [6.07, 6.45) is -4.18. The molecule has 2 fully saturated rings. The van der Waals surface area contributed by atoms with Crippen molar-refractivity contribution in [2.75, 3.05) is 33.3 Å². The average molecular weight is 533 g/mol. The fraction of sp³-hybridized carbons (Fsp3) is 0.423. The molecule has 2 aliphatic heterocycles. The number of fused-ring (bicyclic) bond motifs is 2. The van der Waals surface area contributed by atoms with Gasteiger partial charge in [-0.3, -0.25) is 14.2 Å². The SMILES string of the molecule is COC12CN(C(=O)CCc3ccc(OC(F)(F)F)cc3)CC1CN(C(=O)c1ccc3[nH]c(=O)n(C)c3c1)C2. The van der Waals surface area contributed by atoms with Crippen molar-refractivity contribution in [2.45, 2.75) is 24.8 Å². The van der Waals surface area contributed by atoms with Gasteiger partial charge in [-0.25, -0.2) is 4.79 Å². The van der Waals surface area contributed by atoms with Gasteiger partial charge in [0.2, 0.25) is 5.91 Å². The van der Waals surface area contributed by atoms with Crippen LogP contribution in [0, 0.1) is 5.92 Å². The minimum absolute atomic E-state index is 0.0560. The molecule has 2 aromatic carbocycles. The summed E-state index contributed by atoms with van der Waals surface area (Å²) >= 11 is 0. The fourth-order valence-corrected chi connectivity index (χ4v) is 5.45. The number of nitrogens with one attached hydrogen (secondary N) is 1. The Morgan fingerprint density at radius 3 is 2.42 bits per heavy atom. The van der Waals surface area contributed by atoms with Gasteiger partial charge in [0.15, 0.2) is 0 Å². The van der Waals surface area contributed by atoms with E-state index in [-0.39, 0.29) is 35.6 Å². The van der Waals surface area contributed by atoms with Gasteiger partial charge in [-0.1, -0.05) is 12.1 Å². The molecular formula is C26H27F3N4O5. The number of benzene rings is 2. The number of aryl methyl sites for hydroxylation is 2. The van der Waals surface area contributed by atoms with Crippen LogP contribution in [0.4, 0.5) is 13.2 Å². The van der Waals surface area contributed by atoms with Crippen LogP contribution in [0.1, 0.15) is 22.3 Å². The van der Waals surface area contributed by atoms with Gasteiger partial charge in [0, 0.05) is 45.1 Å². The van der Waals surface area contributed by atoms with Gasteiger partial charge in [0.05, 0.1) is 24.1 Å². The Morgan fingerprint density at radius 2 is 1.76 bits per heavy atom. The number of hydrogen-bond acceptors (Lipinski definition) is 5. The van der Waals surface area contributed by atoms with Crippen molar-refractivity contribution in [3.63, 3.8) is 0 Å². The molecule has 0 spiro atoms. The predicted octanol–water partition coefficient (Wildman–Crippen LogP) is 2.70. The molecule has 2 aliphatic rings. The molecule has 2 atom stereocenters. The van der Waals surface area contributed by atoms with Gasteiger partial charge < -0.3 is 24.3 Å². The number of carbonyl (C=O) groups is 2. The summed E-state index contributed by atoms with van der Waals surface area (Å²) in [6.45, 7) is 1.56. The number of methoxy groups -OCH3 is 1. The Kier molecular flexibility index (Phi) is 6.46. The molecule has 9 nitrogen and oxygen atoms in total. The molecule has 38 heavy (non-hydrogen) atoms. The third-order valence-corrected chi connectivity index (χ3v) is 7.53. The molecule has 5 rings (SSSR count). The van der Waals surface area contributed by atoms with Crippen LogP contribution in [-0.2, 0) is 23.0 Å². The lowest BCUT2D eigenvalue weighted by Crippen LogP contribution is -2.44. The van der Waals surface area contributed by atoms with Crippen molar-refractivity contribution in [1.82, 2.24) is 19.4 Å². The highest BCUT2D eigenvalue weighted by Gasteiger charge is 2.55. The lowest BCUT2D eigenvalue weighted by atomic mass is 9.95. The van der Waals surface area contributed by atoms with Gasteiger partial charge in [-0.2, -0.15) is 0 Å². The summed E-state index contributed by atoms with van der Waals surface area (Å²) in [4.78, 5) is 44.3. The highest BCUT2D eigenvalue weighted by atomic mass is 19.4. The highest BCUT2D eigenvalue weighted by Crippen LogP contribution is 2.38. The first-order valence-corrected chi connectivity index (χ1v) is 12.1. The van der Waals surface area contributed by atoms with E-state index in [1.165, 1.54) is 28.8 Å². The lowest BCUT2D eigenvalue weighted by Gasteiger charge is -2.28. The Labute approximate surface area is 215 Å². The Hall–Kier alpha value is -3.80. The van der Waals surface area contributed by atoms with E-state index >= 15 is 0 Å². The third kappa shape index (κ3) is 4.87. The molecule has 3 heterocycles. The molecule has 202 valence electrons. The monoisotopic (exact) mass is 532 g/mol. The van der Waals surface area contributed by atoms with Gasteiger partial charge in [0.25, 0.3) is 5.91 Å². The van der Waals surface area contributed by atoms with Crippen molar-refractivity contribution in [1.29, 1.82) is 0 Å². The maximum Gasteiger partial charge on any atom is 0.573 e. The zero-order chi connectivity index (χ0) is 27.2. The first-order chi connectivity index (χ1) is 18.0. The fourth-order valence-electron chi connectivity index (χ4n) is 5.45. The van der Waals surface area contributed by atoms with E-state index in [0.29, 0.717) is 49.2 Å². The van der Waals surface area contributed by atoms with Crippen LogP contribution in [-0.4, -0.2) is 76.4 Å². The number of hydrogen-bond donors (Lipinski definition) is 1. The molecule has 2 saturated heterocycles. The molecule has 0 radical (unpaired) electrons. The second-order valence-electron chi connectivity index (χ2n) is 9.84. The zero-order valence-corrected chi connectivity index (χ0v) is 20.9. The maximum absolute atomic E-state index is 13.3. The summed E-state index contributed by atoms with van der Waals surface area (Å²) in [6, 6.07) is 10.6. The molecular weight excluding hydrogens is 505 g/mol. The molecule has 0 aliphatic carbocycles. The van der Waals surface area contributed by atoms with Gasteiger partial charge in [-0.15, -0.1) is 13.2 Å². The smallest absolute Gasteiger partial charge is 0.406 e. The Balaban J connectivity index is 1.20. The molecule has 1 aromatic heterocycles. The number of carbonyl (C=O) groups excluding carboxylic acids is 2. The summed E-state index contributed by atoms with van der Waals surface area (Å²) in [5, 5.41) is 0. The summed E-state index contributed by atoms with van der Waals surface area (Å²) < 4.78 is 48.2. The molecule has 2 amide bonds. The van der Waals surface area contributed by atoms with E-state index < -0.39 is 12.0 Å². The number of aromatic nitrogens is 2. The van der Waals surface area contributed by atoms with E-state index in [1.807, 2.05) is 0 Å². The van der Waals surface area contributed by atoms with Crippen LogP contribution < -0.4 is 10.4 Å². The van der Waals surface area contributed by atoms with Crippen molar-refractivity contribution in [3.05, 3.63) is 64.1 Å². The molecule has 12 heteroatoms. The second kappa shape index (κ2) is 9.50. The minimum Gasteiger partial charge on any atom is -0.406 e. The number of halogens is 3. The van der Waals surface area contributed by atoms with E-state index in [9.17, 15) is 27.6 Å². The molecule has 3 aromatic rings. The van der Waals surface area contributed by atoms with Gasteiger partial charge in [0.1, 0.15) is 11.4 Å². The van der Waals surface area contributed by atoms with Crippen molar-refractivity contribution in [3.8, 4) is 5.75 Å². The Morgan fingerprint density at radius 1 is 1.08 bits per heavy atom. The van der Waals surface area contributed by atoms with Crippen molar-refractivity contribution < 1.29 is 32.2 Å². The number of aromatic amines is 1. The minimum atomic E-state index is -4.75. The van der Waals surface area contributed by atoms with Gasteiger partial charge >= 0.3 is 12.1 Å². The van der Waals surface area contributed by atoms with Crippen LogP contribution in [0.2, 0.25) is 0 Å². The summed E-state index contributed by atoms with van der Waals surface area (Å²) in [7, 11) is 3.22. The Bertz CT molecular complexity index is 1430. The van der Waals surface area contributed by atoms with E-state index in [2.05, 4.69) is 9.72 Å². The number of likely N-dealkylation sites (tertiary alicyclic amines) is 2. The lowest BCUT2D eigenvalue weighted by molar-refractivity contribution is -0.274. The van der Waals surface area contributed by atoms with Crippen molar-refractivity contribution in [2.24, 2.45) is 13.0 Å². The first kappa shape index (κ1) is 25.8. The van der Waals surface area contributed by atoms with Crippen LogP contribution in [0.5, 0.6) is 5.75 Å². The number of nitrogens with zero attached hydrogens (tertiary/aromatic N) is 3. The highest BCUT2D eigenvalue weighted by molar-refractivity contribution is 5.97. The molecule has 2 unspecified atom stereocenters. The number of H-pyrrole nitrogens is 1. The zero-order valence-electron chi connectivity index (χ0n) is 20.9.